The van der Waals surface area contributed by atoms with Crippen molar-refractivity contribution in [1.82, 2.24) is 5.32 Å². The van der Waals surface area contributed by atoms with Crippen LogP contribution in [0.25, 0.3) is 0 Å². The highest BCUT2D eigenvalue weighted by molar-refractivity contribution is 7.12. The van der Waals surface area contributed by atoms with E-state index in [9.17, 15) is 9.59 Å². The number of hydrogen-bond acceptors (Lipinski definition) is 5. The Kier molecular flexibility index (Phi) is 6.67. The molecule has 0 fully saturated rings. The second-order valence-corrected chi connectivity index (χ2v) is 8.05. The maximum Gasteiger partial charge on any atom is 0.339 e. The standard InChI is InChI=1S/C23H23NO4S/c1-15-13-20(16(2)29-15)23(26)28-14-21(25)24-22(17-7-5-4-6-8-17)18-9-11-19(27-3)12-10-18/h4-13,22H,14H2,1-3H3,(H,24,25)/t22-/m1/s1. The number of hydrogen-bond donors (Lipinski definition) is 1. The van der Waals surface area contributed by atoms with Crippen LogP contribution in [-0.4, -0.2) is 25.6 Å². The number of carbonyl (C=O) groups is 2. The van der Waals surface area contributed by atoms with Crippen molar-refractivity contribution in [1.29, 1.82) is 0 Å². The number of ether oxygens (including phenoxy) is 2. The number of rotatable bonds is 7. The zero-order valence-electron chi connectivity index (χ0n) is 16.6. The van der Waals surface area contributed by atoms with E-state index in [-0.39, 0.29) is 18.6 Å². The van der Waals surface area contributed by atoms with Crippen LogP contribution in [0.3, 0.4) is 0 Å². The van der Waals surface area contributed by atoms with Gasteiger partial charge < -0.3 is 14.8 Å². The van der Waals surface area contributed by atoms with Crippen LogP contribution in [0.4, 0.5) is 0 Å². The highest BCUT2D eigenvalue weighted by Gasteiger charge is 2.19. The maximum atomic E-state index is 12.5. The van der Waals surface area contributed by atoms with E-state index < -0.39 is 5.97 Å². The molecule has 1 heterocycles. The Morgan fingerprint density at radius 3 is 2.24 bits per heavy atom. The van der Waals surface area contributed by atoms with Crippen molar-refractivity contribution < 1.29 is 19.1 Å². The summed E-state index contributed by atoms with van der Waals surface area (Å²) in [4.78, 5) is 26.7. The molecule has 1 aromatic heterocycles. The van der Waals surface area contributed by atoms with Crippen LogP contribution in [0, 0.1) is 13.8 Å². The van der Waals surface area contributed by atoms with E-state index in [2.05, 4.69) is 5.32 Å². The van der Waals surface area contributed by atoms with Gasteiger partial charge in [0, 0.05) is 9.75 Å². The Labute approximate surface area is 174 Å². The van der Waals surface area contributed by atoms with Gasteiger partial charge in [-0.2, -0.15) is 0 Å². The van der Waals surface area contributed by atoms with Crippen molar-refractivity contribution >= 4 is 23.2 Å². The molecule has 5 nitrogen and oxygen atoms in total. The molecule has 6 heteroatoms. The lowest BCUT2D eigenvalue weighted by atomic mass is 9.98. The zero-order valence-corrected chi connectivity index (χ0v) is 17.4. The normalized spacial score (nSPS) is 11.6. The van der Waals surface area contributed by atoms with E-state index in [1.54, 1.807) is 13.2 Å². The number of carbonyl (C=O) groups excluding carboxylic acids is 2. The fraction of sp³-hybridized carbons (Fsp3) is 0.217. The number of nitrogens with one attached hydrogen (secondary N) is 1. The average molecular weight is 410 g/mol. The van der Waals surface area contributed by atoms with Crippen molar-refractivity contribution in [3.8, 4) is 5.75 Å². The maximum absolute atomic E-state index is 12.5. The predicted octanol–water partition coefficient (Wildman–Crippen LogP) is 4.44. The smallest absolute Gasteiger partial charge is 0.339 e. The Balaban J connectivity index is 1.71. The van der Waals surface area contributed by atoms with Gasteiger partial charge in [-0.3, -0.25) is 4.79 Å². The molecule has 0 radical (unpaired) electrons. The molecule has 2 aromatic carbocycles. The topological polar surface area (TPSA) is 64.6 Å². The lowest BCUT2D eigenvalue weighted by Gasteiger charge is -2.20. The molecule has 0 aliphatic heterocycles. The van der Waals surface area contributed by atoms with Crippen LogP contribution in [0.1, 0.15) is 37.3 Å². The van der Waals surface area contributed by atoms with E-state index in [0.29, 0.717) is 5.56 Å². The minimum absolute atomic E-state index is 0.341. The van der Waals surface area contributed by atoms with Gasteiger partial charge in [-0.25, -0.2) is 4.79 Å². The van der Waals surface area contributed by atoms with Crippen molar-refractivity contribution in [3.63, 3.8) is 0 Å². The lowest BCUT2D eigenvalue weighted by molar-refractivity contribution is -0.124. The largest absolute Gasteiger partial charge is 0.497 e. The van der Waals surface area contributed by atoms with Gasteiger partial charge >= 0.3 is 5.97 Å². The zero-order chi connectivity index (χ0) is 20.8. The lowest BCUT2D eigenvalue weighted by Crippen LogP contribution is -2.33. The second-order valence-electron chi connectivity index (χ2n) is 6.59. The second kappa shape index (κ2) is 9.39. The summed E-state index contributed by atoms with van der Waals surface area (Å²) >= 11 is 1.53. The summed E-state index contributed by atoms with van der Waals surface area (Å²) in [5.74, 6) is -0.113. The fourth-order valence-electron chi connectivity index (χ4n) is 3.05. The first kappa shape index (κ1) is 20.6. The number of aryl methyl sites for hydroxylation is 2. The number of thiophene rings is 1. The molecule has 0 unspecified atom stereocenters. The first-order chi connectivity index (χ1) is 14.0. The number of methoxy groups -OCH3 is 1. The molecule has 0 aliphatic carbocycles. The molecule has 0 spiro atoms. The Morgan fingerprint density at radius 2 is 1.66 bits per heavy atom. The van der Waals surface area contributed by atoms with Gasteiger partial charge in [0.25, 0.3) is 5.91 Å². The van der Waals surface area contributed by atoms with Gasteiger partial charge in [-0.05, 0) is 43.2 Å². The van der Waals surface area contributed by atoms with Gasteiger partial charge in [0.15, 0.2) is 6.61 Å². The van der Waals surface area contributed by atoms with E-state index in [0.717, 1.165) is 26.6 Å². The van der Waals surface area contributed by atoms with Crippen LogP contribution in [0.2, 0.25) is 0 Å². The molecule has 3 rings (SSSR count). The summed E-state index contributed by atoms with van der Waals surface area (Å²) in [6, 6.07) is 18.6. The molecule has 0 bridgehead atoms. The van der Waals surface area contributed by atoms with Crippen molar-refractivity contribution in [2.24, 2.45) is 0 Å². The molecular formula is C23H23NO4S. The van der Waals surface area contributed by atoms with Gasteiger partial charge in [0.1, 0.15) is 5.75 Å². The summed E-state index contributed by atoms with van der Waals surface area (Å²) in [6.45, 7) is 3.45. The van der Waals surface area contributed by atoms with Gasteiger partial charge in [-0.15, -0.1) is 11.3 Å². The fourth-order valence-corrected chi connectivity index (χ4v) is 3.96. The molecule has 1 N–H and O–H groups in total. The molecule has 3 aromatic rings. The minimum Gasteiger partial charge on any atom is -0.497 e. The number of amides is 1. The Hall–Kier alpha value is -3.12. The van der Waals surface area contributed by atoms with Crippen molar-refractivity contribution in [2.45, 2.75) is 19.9 Å². The molecule has 0 saturated carbocycles. The van der Waals surface area contributed by atoms with Crippen LogP contribution >= 0.6 is 11.3 Å². The molecule has 150 valence electrons. The Morgan fingerprint density at radius 1 is 1.00 bits per heavy atom. The third kappa shape index (κ3) is 5.23. The first-order valence-corrected chi connectivity index (χ1v) is 10.0. The predicted molar refractivity (Wildman–Crippen MR) is 113 cm³/mol. The summed E-state index contributed by atoms with van der Waals surface area (Å²) in [7, 11) is 1.61. The van der Waals surface area contributed by atoms with Gasteiger partial charge in [-0.1, -0.05) is 42.5 Å². The van der Waals surface area contributed by atoms with Gasteiger partial charge in [0.05, 0.1) is 18.7 Å². The minimum atomic E-state index is -0.484. The van der Waals surface area contributed by atoms with Crippen LogP contribution in [0.15, 0.2) is 60.7 Å². The van der Waals surface area contributed by atoms with E-state index in [1.165, 1.54) is 11.3 Å². The molecule has 1 atom stereocenters. The van der Waals surface area contributed by atoms with E-state index in [1.807, 2.05) is 68.4 Å². The Bertz CT molecular complexity index is 980. The summed E-state index contributed by atoms with van der Waals surface area (Å²) in [6.07, 6.45) is 0. The average Bonchev–Trinajstić information content (AvgIpc) is 3.09. The van der Waals surface area contributed by atoms with Crippen LogP contribution < -0.4 is 10.1 Å². The van der Waals surface area contributed by atoms with Crippen LogP contribution in [-0.2, 0) is 9.53 Å². The summed E-state index contributed by atoms with van der Waals surface area (Å²) in [5, 5.41) is 2.96. The van der Waals surface area contributed by atoms with Crippen molar-refractivity contribution in [3.05, 3.63) is 87.1 Å². The van der Waals surface area contributed by atoms with Crippen molar-refractivity contribution in [2.75, 3.05) is 13.7 Å². The van der Waals surface area contributed by atoms with Gasteiger partial charge in [0.2, 0.25) is 0 Å². The highest BCUT2D eigenvalue weighted by Crippen LogP contribution is 2.24. The quantitative estimate of drug-likeness (QED) is 0.586. The summed E-state index contributed by atoms with van der Waals surface area (Å²) in [5.41, 5.74) is 2.35. The first-order valence-electron chi connectivity index (χ1n) is 9.20. The molecule has 29 heavy (non-hydrogen) atoms. The third-order valence-corrected chi connectivity index (χ3v) is 5.45. The molecule has 0 saturated heterocycles. The van der Waals surface area contributed by atoms with Crippen LogP contribution in [0.5, 0.6) is 5.75 Å². The highest BCUT2D eigenvalue weighted by atomic mass is 32.1. The number of esters is 1. The molecule has 0 aliphatic rings. The van der Waals surface area contributed by atoms with E-state index in [4.69, 9.17) is 9.47 Å². The third-order valence-electron chi connectivity index (χ3n) is 4.48. The number of benzene rings is 2. The van der Waals surface area contributed by atoms with E-state index >= 15 is 0 Å². The summed E-state index contributed by atoms with van der Waals surface area (Å²) < 4.78 is 10.4. The SMILES string of the molecule is COc1ccc([C@H](NC(=O)COC(=O)c2cc(C)sc2C)c2ccccc2)cc1. The monoisotopic (exact) mass is 409 g/mol. The molecular weight excluding hydrogens is 386 g/mol. The molecule has 1 amide bonds.